The molecule has 0 aromatic heterocycles. The van der Waals surface area contributed by atoms with Crippen molar-refractivity contribution < 1.29 is 5.11 Å². The second-order valence-corrected chi connectivity index (χ2v) is 5.02. The molecule has 1 heteroatoms. The fourth-order valence-electron chi connectivity index (χ4n) is 2.04. The Morgan fingerprint density at radius 2 is 1.91 bits per heavy atom. The second-order valence-electron chi connectivity index (χ2n) is 5.02. The number of aliphatic hydroxyl groups is 1. The topological polar surface area (TPSA) is 20.2 Å². The van der Waals surface area contributed by atoms with Crippen molar-refractivity contribution in [2.24, 2.45) is 11.3 Å². The van der Waals surface area contributed by atoms with Crippen molar-refractivity contribution in [1.29, 1.82) is 0 Å². The van der Waals surface area contributed by atoms with Crippen molar-refractivity contribution in [2.45, 2.75) is 52.6 Å². The average molecular weight is 156 g/mol. The van der Waals surface area contributed by atoms with E-state index in [1.165, 1.54) is 19.3 Å². The molecule has 1 N–H and O–H groups in total. The van der Waals surface area contributed by atoms with Gasteiger partial charge in [-0.1, -0.05) is 27.2 Å². The van der Waals surface area contributed by atoms with Gasteiger partial charge < -0.3 is 5.11 Å². The summed E-state index contributed by atoms with van der Waals surface area (Å²) in [6, 6.07) is 0. The summed E-state index contributed by atoms with van der Waals surface area (Å²) in [5.41, 5.74) is 0.385. The van der Waals surface area contributed by atoms with Gasteiger partial charge >= 0.3 is 0 Å². The van der Waals surface area contributed by atoms with Gasteiger partial charge in [-0.25, -0.2) is 0 Å². The maximum absolute atomic E-state index is 9.55. The maximum atomic E-state index is 9.55. The SMILES string of the molecule is CC(C)(C)C[C@@H]1CCC[C@H]1O. The Morgan fingerprint density at radius 1 is 1.27 bits per heavy atom. The third-order valence-corrected chi connectivity index (χ3v) is 2.49. The van der Waals surface area contributed by atoms with Gasteiger partial charge in [-0.2, -0.15) is 0 Å². The van der Waals surface area contributed by atoms with E-state index in [0.717, 1.165) is 6.42 Å². The summed E-state index contributed by atoms with van der Waals surface area (Å²) in [5, 5.41) is 9.55. The molecular formula is C10H20O. The van der Waals surface area contributed by atoms with Crippen LogP contribution in [0.1, 0.15) is 46.5 Å². The lowest BCUT2D eigenvalue weighted by atomic mass is 9.83. The number of hydrogen-bond acceptors (Lipinski definition) is 1. The molecule has 0 aliphatic heterocycles. The molecule has 1 aliphatic carbocycles. The molecule has 11 heavy (non-hydrogen) atoms. The van der Waals surface area contributed by atoms with Gasteiger partial charge in [0.25, 0.3) is 0 Å². The monoisotopic (exact) mass is 156 g/mol. The van der Waals surface area contributed by atoms with E-state index in [-0.39, 0.29) is 6.10 Å². The predicted octanol–water partition coefficient (Wildman–Crippen LogP) is 2.58. The van der Waals surface area contributed by atoms with Crippen LogP contribution in [-0.4, -0.2) is 11.2 Å². The Hall–Kier alpha value is -0.0400. The van der Waals surface area contributed by atoms with Crippen LogP contribution in [0.25, 0.3) is 0 Å². The van der Waals surface area contributed by atoms with Crippen molar-refractivity contribution in [2.75, 3.05) is 0 Å². The average Bonchev–Trinajstić information content (AvgIpc) is 2.12. The zero-order valence-corrected chi connectivity index (χ0v) is 7.93. The summed E-state index contributed by atoms with van der Waals surface area (Å²) in [7, 11) is 0. The molecular weight excluding hydrogens is 136 g/mol. The minimum Gasteiger partial charge on any atom is -0.393 e. The lowest BCUT2D eigenvalue weighted by Gasteiger charge is -2.24. The van der Waals surface area contributed by atoms with Gasteiger partial charge in [0.1, 0.15) is 0 Å². The molecule has 0 saturated heterocycles. The van der Waals surface area contributed by atoms with Crippen LogP contribution in [0.15, 0.2) is 0 Å². The van der Waals surface area contributed by atoms with E-state index in [4.69, 9.17) is 0 Å². The third-order valence-electron chi connectivity index (χ3n) is 2.49. The van der Waals surface area contributed by atoms with Crippen LogP contribution in [0.2, 0.25) is 0 Å². The molecule has 0 aromatic carbocycles. The molecule has 1 fully saturated rings. The molecule has 0 amide bonds. The van der Waals surface area contributed by atoms with Crippen LogP contribution in [0.3, 0.4) is 0 Å². The predicted molar refractivity (Wildman–Crippen MR) is 47.4 cm³/mol. The van der Waals surface area contributed by atoms with Crippen molar-refractivity contribution in [3.8, 4) is 0 Å². The van der Waals surface area contributed by atoms with Gasteiger partial charge in [-0.3, -0.25) is 0 Å². The quantitative estimate of drug-likeness (QED) is 0.618. The third kappa shape index (κ3) is 2.82. The minimum absolute atomic E-state index is 0.00535. The largest absolute Gasteiger partial charge is 0.393 e. The highest BCUT2D eigenvalue weighted by Crippen LogP contribution is 2.35. The molecule has 0 spiro atoms. The summed E-state index contributed by atoms with van der Waals surface area (Å²) < 4.78 is 0. The van der Waals surface area contributed by atoms with Gasteiger partial charge in [0.15, 0.2) is 0 Å². The first kappa shape index (κ1) is 9.05. The molecule has 66 valence electrons. The van der Waals surface area contributed by atoms with Gasteiger partial charge in [-0.15, -0.1) is 0 Å². The van der Waals surface area contributed by atoms with Crippen LogP contribution in [0, 0.1) is 11.3 Å². The summed E-state index contributed by atoms with van der Waals surface area (Å²) in [6.07, 6.45) is 4.66. The van der Waals surface area contributed by atoms with Crippen LogP contribution in [0.5, 0.6) is 0 Å². The number of rotatable bonds is 1. The Bertz CT molecular complexity index is 123. The lowest BCUT2D eigenvalue weighted by Crippen LogP contribution is -2.19. The Labute approximate surface area is 69.8 Å². The molecule has 0 radical (unpaired) electrons. The standard InChI is InChI=1S/C10H20O/c1-10(2,3)7-8-5-4-6-9(8)11/h8-9,11H,4-7H2,1-3H3/t8-,9+/m0/s1. The molecule has 0 heterocycles. The zero-order chi connectivity index (χ0) is 8.48. The molecule has 0 aromatic rings. The molecule has 1 rings (SSSR count). The molecule has 1 nitrogen and oxygen atoms in total. The lowest BCUT2D eigenvalue weighted by molar-refractivity contribution is 0.106. The molecule has 1 aliphatic rings. The fourth-order valence-corrected chi connectivity index (χ4v) is 2.04. The Balaban J connectivity index is 2.37. The number of aliphatic hydroxyl groups excluding tert-OH is 1. The van der Waals surface area contributed by atoms with Gasteiger partial charge in [0, 0.05) is 0 Å². The molecule has 2 atom stereocenters. The molecule has 0 unspecified atom stereocenters. The van der Waals surface area contributed by atoms with Crippen LogP contribution < -0.4 is 0 Å². The van der Waals surface area contributed by atoms with Crippen LogP contribution >= 0.6 is 0 Å². The fraction of sp³-hybridized carbons (Fsp3) is 1.00. The van der Waals surface area contributed by atoms with Crippen LogP contribution in [0.4, 0.5) is 0 Å². The van der Waals surface area contributed by atoms with E-state index in [0.29, 0.717) is 11.3 Å². The van der Waals surface area contributed by atoms with Crippen molar-refractivity contribution >= 4 is 0 Å². The Morgan fingerprint density at radius 3 is 2.27 bits per heavy atom. The molecule has 1 saturated carbocycles. The second kappa shape index (κ2) is 3.14. The highest BCUT2D eigenvalue weighted by Gasteiger charge is 2.28. The smallest absolute Gasteiger partial charge is 0.0568 e. The highest BCUT2D eigenvalue weighted by atomic mass is 16.3. The van der Waals surface area contributed by atoms with Crippen molar-refractivity contribution in [3.63, 3.8) is 0 Å². The normalized spacial score (nSPS) is 32.7. The summed E-state index contributed by atoms with van der Waals surface area (Å²) >= 11 is 0. The first-order chi connectivity index (χ1) is 4.99. The molecule has 0 bridgehead atoms. The summed E-state index contributed by atoms with van der Waals surface area (Å²) in [4.78, 5) is 0. The van der Waals surface area contributed by atoms with Gasteiger partial charge in [0.2, 0.25) is 0 Å². The summed E-state index contributed by atoms with van der Waals surface area (Å²) in [5.74, 6) is 0.579. The van der Waals surface area contributed by atoms with Crippen molar-refractivity contribution in [1.82, 2.24) is 0 Å². The zero-order valence-electron chi connectivity index (χ0n) is 7.93. The highest BCUT2D eigenvalue weighted by molar-refractivity contribution is 4.80. The first-order valence-electron chi connectivity index (χ1n) is 4.67. The van der Waals surface area contributed by atoms with Crippen molar-refractivity contribution in [3.05, 3.63) is 0 Å². The first-order valence-corrected chi connectivity index (χ1v) is 4.67. The van der Waals surface area contributed by atoms with Crippen LogP contribution in [-0.2, 0) is 0 Å². The maximum Gasteiger partial charge on any atom is 0.0568 e. The van der Waals surface area contributed by atoms with E-state index < -0.39 is 0 Å². The van der Waals surface area contributed by atoms with E-state index in [9.17, 15) is 5.11 Å². The van der Waals surface area contributed by atoms with Gasteiger partial charge in [-0.05, 0) is 30.6 Å². The Kier molecular flexibility index (Phi) is 2.58. The van der Waals surface area contributed by atoms with Gasteiger partial charge in [0.05, 0.1) is 6.10 Å². The van der Waals surface area contributed by atoms with E-state index in [2.05, 4.69) is 20.8 Å². The minimum atomic E-state index is -0.00535. The van der Waals surface area contributed by atoms with E-state index in [1.807, 2.05) is 0 Å². The van der Waals surface area contributed by atoms with E-state index >= 15 is 0 Å². The van der Waals surface area contributed by atoms with E-state index in [1.54, 1.807) is 0 Å². The summed E-state index contributed by atoms with van der Waals surface area (Å²) in [6.45, 7) is 6.74. The number of hydrogen-bond donors (Lipinski definition) is 1.